The van der Waals surface area contributed by atoms with Crippen molar-refractivity contribution in [2.75, 3.05) is 6.54 Å². The van der Waals surface area contributed by atoms with Gasteiger partial charge in [0, 0.05) is 6.20 Å². The summed E-state index contributed by atoms with van der Waals surface area (Å²) in [4.78, 5) is 8.36. The van der Waals surface area contributed by atoms with Gasteiger partial charge in [-0.2, -0.15) is 0 Å². The van der Waals surface area contributed by atoms with Crippen LogP contribution in [-0.4, -0.2) is 16.5 Å². The van der Waals surface area contributed by atoms with E-state index in [-0.39, 0.29) is 6.04 Å². The Bertz CT molecular complexity index is 283. The molecule has 1 rings (SSSR count). The molecule has 0 aliphatic rings. The SMILES string of the molecule is C=CC(NCC)c1ccnc(C)n1. The molecule has 0 aromatic carbocycles. The van der Waals surface area contributed by atoms with Gasteiger partial charge in [-0.25, -0.2) is 9.97 Å². The number of aryl methyl sites for hydroxylation is 1. The fourth-order valence-electron chi connectivity index (χ4n) is 1.18. The summed E-state index contributed by atoms with van der Waals surface area (Å²) in [6.07, 6.45) is 3.62. The highest BCUT2D eigenvalue weighted by molar-refractivity contribution is 5.12. The van der Waals surface area contributed by atoms with Crippen molar-refractivity contribution in [2.45, 2.75) is 19.9 Å². The Hall–Kier alpha value is -1.22. The molecule has 1 N–H and O–H groups in total. The zero-order valence-electron chi connectivity index (χ0n) is 8.12. The molecule has 3 heteroatoms. The predicted molar refractivity (Wildman–Crippen MR) is 53.4 cm³/mol. The molecule has 0 saturated carbocycles. The van der Waals surface area contributed by atoms with Crippen LogP contribution in [-0.2, 0) is 0 Å². The first kappa shape index (κ1) is 9.86. The van der Waals surface area contributed by atoms with Crippen LogP contribution in [0.4, 0.5) is 0 Å². The molecule has 3 nitrogen and oxygen atoms in total. The summed E-state index contributed by atoms with van der Waals surface area (Å²) in [7, 11) is 0. The van der Waals surface area contributed by atoms with E-state index < -0.39 is 0 Å². The van der Waals surface area contributed by atoms with E-state index in [1.165, 1.54) is 0 Å². The molecule has 1 aromatic rings. The Balaban J connectivity index is 2.84. The fourth-order valence-corrected chi connectivity index (χ4v) is 1.18. The number of hydrogen-bond acceptors (Lipinski definition) is 3. The Kier molecular flexibility index (Phi) is 3.58. The van der Waals surface area contributed by atoms with Gasteiger partial charge in [-0.1, -0.05) is 13.0 Å². The van der Waals surface area contributed by atoms with E-state index in [0.717, 1.165) is 18.1 Å². The van der Waals surface area contributed by atoms with Crippen molar-refractivity contribution in [1.29, 1.82) is 0 Å². The molecular weight excluding hydrogens is 162 g/mol. The Morgan fingerprint density at radius 2 is 2.46 bits per heavy atom. The van der Waals surface area contributed by atoms with Crippen molar-refractivity contribution in [1.82, 2.24) is 15.3 Å². The molecule has 0 saturated heterocycles. The molecule has 1 aromatic heterocycles. The topological polar surface area (TPSA) is 37.8 Å². The van der Waals surface area contributed by atoms with Gasteiger partial charge < -0.3 is 5.32 Å². The van der Waals surface area contributed by atoms with Crippen LogP contribution in [0.5, 0.6) is 0 Å². The number of aromatic nitrogens is 2. The minimum atomic E-state index is 0.131. The molecule has 0 fully saturated rings. The third kappa shape index (κ3) is 2.63. The molecule has 1 atom stereocenters. The molecule has 0 radical (unpaired) electrons. The smallest absolute Gasteiger partial charge is 0.125 e. The zero-order chi connectivity index (χ0) is 9.68. The lowest BCUT2D eigenvalue weighted by Gasteiger charge is -2.12. The third-order valence-corrected chi connectivity index (χ3v) is 1.78. The predicted octanol–water partition coefficient (Wildman–Crippen LogP) is 1.62. The quantitative estimate of drug-likeness (QED) is 0.710. The molecule has 0 aliphatic heterocycles. The second-order valence-electron chi connectivity index (χ2n) is 2.80. The number of hydrogen-bond donors (Lipinski definition) is 1. The van der Waals surface area contributed by atoms with Crippen LogP contribution in [0, 0.1) is 6.92 Å². The number of likely N-dealkylation sites (N-methyl/N-ethyl adjacent to an activating group) is 1. The maximum Gasteiger partial charge on any atom is 0.125 e. The molecule has 0 bridgehead atoms. The molecule has 0 amide bonds. The van der Waals surface area contributed by atoms with E-state index in [1.807, 2.05) is 19.1 Å². The van der Waals surface area contributed by atoms with E-state index in [0.29, 0.717) is 0 Å². The van der Waals surface area contributed by atoms with Crippen LogP contribution in [0.15, 0.2) is 24.9 Å². The van der Waals surface area contributed by atoms with Gasteiger partial charge in [-0.15, -0.1) is 6.58 Å². The average molecular weight is 177 g/mol. The molecule has 0 spiro atoms. The van der Waals surface area contributed by atoms with Gasteiger partial charge in [-0.3, -0.25) is 0 Å². The number of nitrogens with one attached hydrogen (secondary N) is 1. The normalized spacial score (nSPS) is 12.5. The van der Waals surface area contributed by atoms with Crippen molar-refractivity contribution < 1.29 is 0 Å². The van der Waals surface area contributed by atoms with Crippen LogP contribution >= 0.6 is 0 Å². The molecule has 0 aliphatic carbocycles. The zero-order valence-corrected chi connectivity index (χ0v) is 8.12. The first-order chi connectivity index (χ1) is 6.27. The van der Waals surface area contributed by atoms with Crippen LogP contribution in [0.1, 0.15) is 24.5 Å². The number of rotatable bonds is 4. The summed E-state index contributed by atoms with van der Waals surface area (Å²) >= 11 is 0. The molecule has 70 valence electrons. The summed E-state index contributed by atoms with van der Waals surface area (Å²) < 4.78 is 0. The monoisotopic (exact) mass is 177 g/mol. The van der Waals surface area contributed by atoms with Gasteiger partial charge in [0.25, 0.3) is 0 Å². The molecule has 1 heterocycles. The van der Waals surface area contributed by atoms with Crippen LogP contribution in [0.2, 0.25) is 0 Å². The Labute approximate surface area is 78.9 Å². The first-order valence-corrected chi connectivity index (χ1v) is 4.43. The van der Waals surface area contributed by atoms with Crippen molar-refractivity contribution >= 4 is 0 Å². The summed E-state index contributed by atoms with van der Waals surface area (Å²) in [5.41, 5.74) is 0.976. The maximum atomic E-state index is 4.32. The largest absolute Gasteiger partial charge is 0.306 e. The minimum Gasteiger partial charge on any atom is -0.306 e. The molecule has 1 unspecified atom stereocenters. The maximum absolute atomic E-state index is 4.32. The lowest BCUT2D eigenvalue weighted by Crippen LogP contribution is -2.20. The number of nitrogens with zero attached hydrogens (tertiary/aromatic N) is 2. The fraction of sp³-hybridized carbons (Fsp3) is 0.400. The van der Waals surface area contributed by atoms with Crippen molar-refractivity contribution in [3.8, 4) is 0 Å². The van der Waals surface area contributed by atoms with Gasteiger partial charge in [0.15, 0.2) is 0 Å². The van der Waals surface area contributed by atoms with Crippen LogP contribution in [0.3, 0.4) is 0 Å². The average Bonchev–Trinajstić information content (AvgIpc) is 2.14. The van der Waals surface area contributed by atoms with E-state index in [9.17, 15) is 0 Å². The first-order valence-electron chi connectivity index (χ1n) is 4.43. The highest BCUT2D eigenvalue weighted by Crippen LogP contribution is 2.09. The van der Waals surface area contributed by atoms with E-state index in [4.69, 9.17) is 0 Å². The van der Waals surface area contributed by atoms with E-state index in [1.54, 1.807) is 6.20 Å². The summed E-state index contributed by atoms with van der Waals surface area (Å²) in [6, 6.07) is 2.04. The highest BCUT2D eigenvalue weighted by Gasteiger charge is 2.06. The lowest BCUT2D eigenvalue weighted by atomic mass is 10.2. The standard InChI is InChI=1S/C10H15N3/c1-4-9(11-5-2)10-6-7-12-8(3)13-10/h4,6-7,9,11H,1,5H2,2-3H3. The van der Waals surface area contributed by atoms with Gasteiger partial charge in [-0.05, 0) is 19.5 Å². The summed E-state index contributed by atoms with van der Waals surface area (Å²) in [5, 5.41) is 3.27. The summed E-state index contributed by atoms with van der Waals surface area (Å²) in [6.45, 7) is 8.61. The second-order valence-corrected chi connectivity index (χ2v) is 2.80. The Morgan fingerprint density at radius 3 is 3.00 bits per heavy atom. The molecule has 13 heavy (non-hydrogen) atoms. The van der Waals surface area contributed by atoms with Crippen molar-refractivity contribution in [2.24, 2.45) is 0 Å². The van der Waals surface area contributed by atoms with Gasteiger partial charge in [0.05, 0.1) is 11.7 Å². The summed E-state index contributed by atoms with van der Waals surface area (Å²) in [5.74, 6) is 0.794. The van der Waals surface area contributed by atoms with Crippen molar-refractivity contribution in [3.63, 3.8) is 0 Å². The second kappa shape index (κ2) is 4.72. The van der Waals surface area contributed by atoms with Gasteiger partial charge in [0.1, 0.15) is 5.82 Å². The molecular formula is C10H15N3. The third-order valence-electron chi connectivity index (χ3n) is 1.78. The minimum absolute atomic E-state index is 0.131. The Morgan fingerprint density at radius 1 is 1.69 bits per heavy atom. The van der Waals surface area contributed by atoms with Crippen LogP contribution < -0.4 is 5.32 Å². The van der Waals surface area contributed by atoms with E-state index in [2.05, 4.69) is 28.8 Å². The van der Waals surface area contributed by atoms with Gasteiger partial charge >= 0.3 is 0 Å². The van der Waals surface area contributed by atoms with Gasteiger partial charge in [0.2, 0.25) is 0 Å². The highest BCUT2D eigenvalue weighted by atomic mass is 15.0. The van der Waals surface area contributed by atoms with E-state index >= 15 is 0 Å². The van der Waals surface area contributed by atoms with Crippen molar-refractivity contribution in [3.05, 3.63) is 36.4 Å². The lowest BCUT2D eigenvalue weighted by molar-refractivity contribution is 0.629. The van der Waals surface area contributed by atoms with Crippen LogP contribution in [0.25, 0.3) is 0 Å².